The Balaban J connectivity index is 1.46. The Morgan fingerprint density at radius 1 is 1.23 bits per heavy atom. The number of fused-ring (bicyclic) bond motifs is 3. The molecule has 0 aromatic heterocycles. The number of hydrazine groups is 1. The van der Waals surface area contributed by atoms with Gasteiger partial charge in [0.25, 0.3) is 0 Å². The number of hydrogen-bond donors (Lipinski definition) is 1. The molecule has 1 atom stereocenters. The zero-order chi connectivity index (χ0) is 15.1. The van der Waals surface area contributed by atoms with E-state index in [1.54, 1.807) is 11.8 Å². The predicted molar refractivity (Wildman–Crippen MR) is 91.9 cm³/mol. The quantitative estimate of drug-likeness (QED) is 0.927. The van der Waals surface area contributed by atoms with Crippen LogP contribution in [0.15, 0.2) is 52.5 Å². The molecule has 0 bridgehead atoms. The van der Waals surface area contributed by atoms with Crippen LogP contribution >= 0.6 is 23.4 Å². The van der Waals surface area contributed by atoms with Gasteiger partial charge in [0, 0.05) is 16.5 Å². The van der Waals surface area contributed by atoms with Crippen LogP contribution in [-0.2, 0) is 6.54 Å². The summed E-state index contributed by atoms with van der Waals surface area (Å²) in [5.74, 6) is 0. The standard InChI is InChI=1S/C16H15ClN4S/c1-11-2-7-15-14(8-11)20-10-19-21(16(20)22-15)18-9-12-3-5-13(17)6-4-12/h2-8,10,16,18H,9H2,1H3. The zero-order valence-corrected chi connectivity index (χ0v) is 13.6. The van der Waals surface area contributed by atoms with Gasteiger partial charge in [-0.1, -0.05) is 41.6 Å². The van der Waals surface area contributed by atoms with Gasteiger partial charge in [0.15, 0.2) is 5.50 Å². The molecule has 2 aromatic carbocycles. The summed E-state index contributed by atoms with van der Waals surface area (Å²) in [6.45, 7) is 2.83. The van der Waals surface area contributed by atoms with E-state index in [0.29, 0.717) is 0 Å². The fourth-order valence-electron chi connectivity index (χ4n) is 2.57. The van der Waals surface area contributed by atoms with Gasteiger partial charge in [0.1, 0.15) is 6.34 Å². The van der Waals surface area contributed by atoms with E-state index in [2.05, 4.69) is 40.5 Å². The number of thioether (sulfide) groups is 1. The highest BCUT2D eigenvalue weighted by Crippen LogP contribution is 2.45. The first-order valence-electron chi connectivity index (χ1n) is 7.08. The van der Waals surface area contributed by atoms with E-state index in [-0.39, 0.29) is 5.50 Å². The maximum Gasteiger partial charge on any atom is 0.192 e. The van der Waals surface area contributed by atoms with Crippen LogP contribution in [0, 0.1) is 6.92 Å². The van der Waals surface area contributed by atoms with Gasteiger partial charge in [-0.25, -0.2) is 5.43 Å². The Bertz CT molecular complexity index is 731. The van der Waals surface area contributed by atoms with Gasteiger partial charge in [-0.3, -0.25) is 4.90 Å². The maximum atomic E-state index is 5.91. The van der Waals surface area contributed by atoms with Crippen LogP contribution in [0.5, 0.6) is 0 Å². The van der Waals surface area contributed by atoms with Crippen molar-refractivity contribution in [2.75, 3.05) is 4.90 Å². The third-order valence-electron chi connectivity index (χ3n) is 3.73. The third kappa shape index (κ3) is 2.45. The first-order chi connectivity index (χ1) is 10.7. The number of halogens is 1. The smallest absolute Gasteiger partial charge is 0.192 e. The van der Waals surface area contributed by atoms with Crippen molar-refractivity contribution in [1.29, 1.82) is 0 Å². The maximum absolute atomic E-state index is 5.91. The molecule has 0 saturated carbocycles. The minimum absolute atomic E-state index is 0.143. The summed E-state index contributed by atoms with van der Waals surface area (Å²) in [5, 5.41) is 7.12. The van der Waals surface area contributed by atoms with Gasteiger partial charge in [0.05, 0.1) is 5.69 Å². The number of benzene rings is 2. The molecular weight excluding hydrogens is 316 g/mol. The number of aryl methyl sites for hydroxylation is 1. The molecule has 2 aliphatic heterocycles. The monoisotopic (exact) mass is 330 g/mol. The average molecular weight is 331 g/mol. The number of nitrogens with one attached hydrogen (secondary N) is 1. The number of nitrogens with zero attached hydrogens (tertiary/aromatic N) is 3. The highest BCUT2D eigenvalue weighted by atomic mass is 35.5. The van der Waals surface area contributed by atoms with Gasteiger partial charge in [0.2, 0.25) is 0 Å². The van der Waals surface area contributed by atoms with Crippen molar-refractivity contribution in [1.82, 2.24) is 10.5 Å². The Labute approximate surface area is 138 Å². The Hall–Kier alpha value is -1.69. The van der Waals surface area contributed by atoms with Gasteiger partial charge in [-0.05, 0) is 42.3 Å². The molecule has 2 aromatic rings. The predicted octanol–water partition coefficient (Wildman–Crippen LogP) is 3.81. The van der Waals surface area contributed by atoms with Crippen molar-refractivity contribution < 1.29 is 0 Å². The molecule has 1 N–H and O–H groups in total. The first kappa shape index (κ1) is 13.9. The molecule has 4 nitrogen and oxygen atoms in total. The fraction of sp³-hybridized carbons (Fsp3) is 0.188. The number of hydrogen-bond acceptors (Lipinski definition) is 5. The van der Waals surface area contributed by atoms with Crippen molar-refractivity contribution in [2.45, 2.75) is 23.9 Å². The van der Waals surface area contributed by atoms with Crippen LogP contribution in [0.3, 0.4) is 0 Å². The van der Waals surface area contributed by atoms with E-state index in [1.165, 1.54) is 21.7 Å². The highest BCUT2D eigenvalue weighted by molar-refractivity contribution is 8.00. The summed E-state index contributed by atoms with van der Waals surface area (Å²) >= 11 is 7.72. The van der Waals surface area contributed by atoms with Gasteiger partial charge in [-0.15, -0.1) is 5.10 Å². The van der Waals surface area contributed by atoms with Crippen molar-refractivity contribution in [3.05, 3.63) is 58.6 Å². The lowest BCUT2D eigenvalue weighted by atomic mass is 10.2. The summed E-state index contributed by atoms with van der Waals surface area (Å²) in [6.07, 6.45) is 1.89. The molecular formula is C16H15ClN4S. The molecule has 0 aliphatic carbocycles. The van der Waals surface area contributed by atoms with E-state index >= 15 is 0 Å². The molecule has 0 spiro atoms. The lowest BCUT2D eigenvalue weighted by Gasteiger charge is -2.24. The minimum Gasteiger partial charge on any atom is -0.297 e. The van der Waals surface area contributed by atoms with Crippen molar-refractivity contribution >= 4 is 35.4 Å². The van der Waals surface area contributed by atoms with Crippen LogP contribution in [0.2, 0.25) is 5.02 Å². The fourth-order valence-corrected chi connectivity index (χ4v) is 3.86. The van der Waals surface area contributed by atoms with E-state index < -0.39 is 0 Å². The van der Waals surface area contributed by atoms with E-state index in [0.717, 1.165) is 11.6 Å². The summed E-state index contributed by atoms with van der Waals surface area (Å²) < 4.78 is 0. The Morgan fingerprint density at radius 2 is 2.05 bits per heavy atom. The van der Waals surface area contributed by atoms with Crippen molar-refractivity contribution in [3.63, 3.8) is 0 Å². The number of anilines is 1. The third-order valence-corrected chi connectivity index (χ3v) is 5.22. The number of rotatable bonds is 3. The normalized spacial score (nSPS) is 18.7. The molecule has 0 fully saturated rings. The highest BCUT2D eigenvalue weighted by Gasteiger charge is 2.37. The largest absolute Gasteiger partial charge is 0.297 e. The topological polar surface area (TPSA) is 30.9 Å². The second kappa shape index (κ2) is 5.50. The van der Waals surface area contributed by atoms with Gasteiger partial charge in [-0.2, -0.15) is 5.12 Å². The van der Waals surface area contributed by atoms with E-state index in [9.17, 15) is 0 Å². The summed E-state index contributed by atoms with van der Waals surface area (Å²) in [4.78, 5) is 3.49. The summed E-state index contributed by atoms with van der Waals surface area (Å²) in [5.41, 5.74) is 7.18. The molecule has 1 unspecified atom stereocenters. The molecule has 112 valence electrons. The summed E-state index contributed by atoms with van der Waals surface area (Å²) in [6, 6.07) is 14.4. The number of hydrazone groups is 1. The summed E-state index contributed by atoms with van der Waals surface area (Å²) in [7, 11) is 0. The molecule has 0 amide bonds. The van der Waals surface area contributed by atoms with Crippen LogP contribution < -0.4 is 10.3 Å². The van der Waals surface area contributed by atoms with E-state index in [1.807, 2.05) is 35.7 Å². The molecule has 0 saturated heterocycles. The molecule has 0 radical (unpaired) electrons. The first-order valence-corrected chi connectivity index (χ1v) is 8.33. The zero-order valence-electron chi connectivity index (χ0n) is 12.0. The molecule has 2 aliphatic rings. The lowest BCUT2D eigenvalue weighted by Crippen LogP contribution is -2.41. The van der Waals surface area contributed by atoms with Crippen molar-refractivity contribution in [2.24, 2.45) is 5.10 Å². The van der Waals surface area contributed by atoms with Crippen LogP contribution in [0.1, 0.15) is 11.1 Å². The average Bonchev–Trinajstić information content (AvgIpc) is 3.06. The second-order valence-electron chi connectivity index (χ2n) is 5.36. The minimum atomic E-state index is 0.143. The Morgan fingerprint density at radius 3 is 2.86 bits per heavy atom. The lowest BCUT2D eigenvalue weighted by molar-refractivity contribution is 0.198. The van der Waals surface area contributed by atoms with E-state index in [4.69, 9.17) is 11.6 Å². The molecule has 4 rings (SSSR count). The molecule has 22 heavy (non-hydrogen) atoms. The molecule has 2 heterocycles. The van der Waals surface area contributed by atoms with Gasteiger partial charge >= 0.3 is 0 Å². The second-order valence-corrected chi connectivity index (χ2v) is 6.89. The molecule has 6 heteroatoms. The van der Waals surface area contributed by atoms with Gasteiger partial charge < -0.3 is 0 Å². The van der Waals surface area contributed by atoms with Crippen molar-refractivity contribution in [3.8, 4) is 0 Å². The Kier molecular flexibility index (Phi) is 3.48. The van der Waals surface area contributed by atoms with Crippen LogP contribution in [0.25, 0.3) is 0 Å². The van der Waals surface area contributed by atoms with Crippen LogP contribution in [0.4, 0.5) is 5.69 Å². The SMILES string of the molecule is Cc1ccc2c(c1)N1C=NN(NCc3ccc(Cl)cc3)C1S2. The van der Waals surface area contributed by atoms with Crippen LogP contribution in [-0.4, -0.2) is 17.0 Å².